The summed E-state index contributed by atoms with van der Waals surface area (Å²) in [6, 6.07) is 19.7. The van der Waals surface area contributed by atoms with Crippen LogP contribution in [0.25, 0.3) is 0 Å². The Labute approximate surface area is 185 Å². The summed E-state index contributed by atoms with van der Waals surface area (Å²) < 4.78 is 5.29. The SMILES string of the molecule is CC(c1ccccc1)N(C)C(=O)COC(=O)c1ccccc1N(C)C(=O)c1cccs1. The van der Waals surface area contributed by atoms with Gasteiger partial charge in [0.25, 0.3) is 11.8 Å². The number of para-hydroxylation sites is 1. The van der Waals surface area contributed by atoms with Gasteiger partial charge in [0.2, 0.25) is 0 Å². The van der Waals surface area contributed by atoms with Crippen molar-refractivity contribution in [2.24, 2.45) is 0 Å². The molecule has 1 heterocycles. The minimum atomic E-state index is -0.657. The minimum absolute atomic E-state index is 0.158. The molecule has 1 atom stereocenters. The molecule has 3 aromatic rings. The number of amides is 2. The van der Waals surface area contributed by atoms with Crippen LogP contribution in [0, 0.1) is 0 Å². The van der Waals surface area contributed by atoms with Crippen molar-refractivity contribution >= 4 is 34.8 Å². The molecule has 0 fully saturated rings. The number of hydrogen-bond acceptors (Lipinski definition) is 5. The molecule has 0 radical (unpaired) electrons. The molecule has 0 aliphatic rings. The van der Waals surface area contributed by atoms with Crippen LogP contribution < -0.4 is 4.90 Å². The molecule has 0 aliphatic heterocycles. The molecule has 0 saturated carbocycles. The fraction of sp³-hybridized carbons (Fsp3) is 0.208. The Kier molecular flexibility index (Phi) is 7.20. The molecule has 6 nitrogen and oxygen atoms in total. The van der Waals surface area contributed by atoms with E-state index >= 15 is 0 Å². The molecule has 31 heavy (non-hydrogen) atoms. The highest BCUT2D eigenvalue weighted by Gasteiger charge is 2.23. The molecule has 160 valence electrons. The van der Waals surface area contributed by atoms with Gasteiger partial charge in [0.15, 0.2) is 6.61 Å². The number of rotatable bonds is 7. The van der Waals surface area contributed by atoms with Crippen LogP contribution in [-0.4, -0.2) is 43.4 Å². The minimum Gasteiger partial charge on any atom is -0.452 e. The maximum Gasteiger partial charge on any atom is 0.340 e. The first-order chi connectivity index (χ1) is 14.9. The highest BCUT2D eigenvalue weighted by atomic mass is 32.1. The van der Waals surface area contributed by atoms with Gasteiger partial charge in [0.05, 0.1) is 22.2 Å². The molecule has 0 N–H and O–H groups in total. The molecule has 3 rings (SSSR count). The van der Waals surface area contributed by atoms with Crippen LogP contribution in [0.5, 0.6) is 0 Å². The monoisotopic (exact) mass is 436 g/mol. The van der Waals surface area contributed by atoms with Crippen molar-refractivity contribution in [2.75, 3.05) is 25.6 Å². The first kappa shape index (κ1) is 22.2. The zero-order valence-corrected chi connectivity index (χ0v) is 18.5. The number of nitrogens with zero attached hydrogens (tertiary/aromatic N) is 2. The number of thiophene rings is 1. The molecule has 1 aromatic heterocycles. The summed E-state index contributed by atoms with van der Waals surface area (Å²) in [5.41, 5.74) is 1.63. The van der Waals surface area contributed by atoms with Crippen LogP contribution in [-0.2, 0) is 9.53 Å². The van der Waals surface area contributed by atoms with Gasteiger partial charge in [0.1, 0.15) is 0 Å². The molecule has 0 aliphatic carbocycles. The van der Waals surface area contributed by atoms with Crippen LogP contribution in [0.15, 0.2) is 72.1 Å². The second-order valence-electron chi connectivity index (χ2n) is 7.03. The van der Waals surface area contributed by atoms with Crippen molar-refractivity contribution in [1.29, 1.82) is 0 Å². The predicted molar refractivity (Wildman–Crippen MR) is 121 cm³/mol. The summed E-state index contributed by atoms with van der Waals surface area (Å²) >= 11 is 1.33. The van der Waals surface area contributed by atoms with Crippen LogP contribution in [0.4, 0.5) is 5.69 Å². The summed E-state index contributed by atoms with van der Waals surface area (Å²) in [5.74, 6) is -1.19. The van der Waals surface area contributed by atoms with E-state index in [9.17, 15) is 14.4 Å². The van der Waals surface area contributed by atoms with Gasteiger partial charge >= 0.3 is 5.97 Å². The van der Waals surface area contributed by atoms with Gasteiger partial charge in [-0.1, -0.05) is 48.5 Å². The third-order valence-electron chi connectivity index (χ3n) is 5.10. The first-order valence-electron chi connectivity index (χ1n) is 9.78. The Hall–Kier alpha value is -3.45. The van der Waals surface area contributed by atoms with Crippen molar-refractivity contribution in [3.05, 3.63) is 88.1 Å². The second kappa shape index (κ2) is 10.0. The maximum atomic E-state index is 12.7. The van der Waals surface area contributed by atoms with Crippen LogP contribution in [0.3, 0.4) is 0 Å². The number of carbonyl (C=O) groups is 3. The average molecular weight is 437 g/mol. The molecule has 1 unspecified atom stereocenters. The lowest BCUT2D eigenvalue weighted by Crippen LogP contribution is -2.33. The zero-order valence-electron chi connectivity index (χ0n) is 17.6. The van der Waals surface area contributed by atoms with Crippen molar-refractivity contribution in [3.8, 4) is 0 Å². The maximum absolute atomic E-state index is 12.7. The fourth-order valence-corrected chi connectivity index (χ4v) is 3.79. The zero-order chi connectivity index (χ0) is 22.4. The lowest BCUT2D eigenvalue weighted by atomic mass is 10.1. The van der Waals surface area contributed by atoms with Gasteiger partial charge < -0.3 is 14.5 Å². The van der Waals surface area contributed by atoms with E-state index in [2.05, 4.69) is 0 Å². The van der Waals surface area contributed by atoms with E-state index < -0.39 is 5.97 Å². The van der Waals surface area contributed by atoms with E-state index in [-0.39, 0.29) is 30.0 Å². The molecular formula is C24H24N2O4S. The number of hydrogen-bond donors (Lipinski definition) is 0. The third kappa shape index (κ3) is 5.19. The van der Waals surface area contributed by atoms with E-state index in [4.69, 9.17) is 4.74 Å². The van der Waals surface area contributed by atoms with Gasteiger partial charge in [-0.25, -0.2) is 4.79 Å². The van der Waals surface area contributed by atoms with E-state index in [1.807, 2.05) is 42.6 Å². The highest BCUT2D eigenvalue weighted by Crippen LogP contribution is 2.24. The van der Waals surface area contributed by atoms with Gasteiger partial charge in [0, 0.05) is 14.1 Å². The van der Waals surface area contributed by atoms with Crippen LogP contribution in [0.2, 0.25) is 0 Å². The van der Waals surface area contributed by atoms with Gasteiger partial charge in [-0.05, 0) is 36.1 Å². The molecule has 7 heteroatoms. The highest BCUT2D eigenvalue weighted by molar-refractivity contribution is 7.12. The Bertz CT molecular complexity index is 1050. The Morgan fingerprint density at radius 1 is 0.935 bits per heavy atom. The summed E-state index contributed by atoms with van der Waals surface area (Å²) in [5, 5.41) is 1.82. The molecule has 2 aromatic carbocycles. The quantitative estimate of drug-likeness (QED) is 0.515. The van der Waals surface area contributed by atoms with E-state index in [0.717, 1.165) is 5.56 Å². The average Bonchev–Trinajstić information content (AvgIpc) is 3.36. The number of likely N-dealkylation sites (N-methyl/N-ethyl adjacent to an activating group) is 1. The number of benzene rings is 2. The topological polar surface area (TPSA) is 66.9 Å². The lowest BCUT2D eigenvalue weighted by molar-refractivity contribution is -0.135. The third-order valence-corrected chi connectivity index (χ3v) is 5.96. The van der Waals surface area contributed by atoms with Crippen molar-refractivity contribution in [2.45, 2.75) is 13.0 Å². The number of carbonyl (C=O) groups excluding carboxylic acids is 3. The molecule has 0 saturated heterocycles. The number of esters is 1. The number of anilines is 1. The van der Waals surface area contributed by atoms with Gasteiger partial charge in [-0.2, -0.15) is 0 Å². The molecule has 0 spiro atoms. The Morgan fingerprint density at radius 2 is 1.61 bits per heavy atom. The lowest BCUT2D eigenvalue weighted by Gasteiger charge is -2.25. The van der Waals surface area contributed by atoms with Crippen molar-refractivity contribution < 1.29 is 19.1 Å². The number of ether oxygens (including phenoxy) is 1. The van der Waals surface area contributed by atoms with Gasteiger partial charge in [-0.15, -0.1) is 11.3 Å². The molecule has 0 bridgehead atoms. The summed E-state index contributed by atoms with van der Waals surface area (Å²) in [6.07, 6.45) is 0. The predicted octanol–water partition coefficient (Wildman–Crippen LogP) is 4.40. The van der Waals surface area contributed by atoms with E-state index in [1.165, 1.54) is 16.2 Å². The van der Waals surface area contributed by atoms with E-state index in [1.54, 1.807) is 55.4 Å². The summed E-state index contributed by atoms with van der Waals surface area (Å²) in [7, 11) is 3.28. The Morgan fingerprint density at radius 3 is 2.29 bits per heavy atom. The molecular weight excluding hydrogens is 412 g/mol. The largest absolute Gasteiger partial charge is 0.452 e. The molecule has 2 amide bonds. The Balaban J connectivity index is 1.67. The normalized spacial score (nSPS) is 11.5. The second-order valence-corrected chi connectivity index (χ2v) is 7.97. The summed E-state index contributed by atoms with van der Waals surface area (Å²) in [4.78, 5) is 41.5. The first-order valence-corrected chi connectivity index (χ1v) is 10.7. The smallest absolute Gasteiger partial charge is 0.340 e. The van der Waals surface area contributed by atoms with Crippen molar-refractivity contribution in [1.82, 2.24) is 4.90 Å². The fourth-order valence-electron chi connectivity index (χ4n) is 3.09. The standard InChI is InChI=1S/C24H24N2O4S/c1-17(18-10-5-4-6-11-18)25(2)22(27)16-30-24(29)19-12-7-8-13-20(19)26(3)23(28)21-14-9-15-31-21/h4-15,17H,16H2,1-3H3. The van der Waals surface area contributed by atoms with Crippen LogP contribution in [0.1, 0.15) is 38.6 Å². The van der Waals surface area contributed by atoms with E-state index in [0.29, 0.717) is 10.6 Å². The van der Waals surface area contributed by atoms with Crippen LogP contribution >= 0.6 is 11.3 Å². The summed E-state index contributed by atoms with van der Waals surface area (Å²) in [6.45, 7) is 1.53. The van der Waals surface area contributed by atoms with Gasteiger partial charge in [-0.3, -0.25) is 9.59 Å². The van der Waals surface area contributed by atoms with Crippen molar-refractivity contribution in [3.63, 3.8) is 0 Å².